The van der Waals surface area contributed by atoms with Crippen molar-refractivity contribution < 1.29 is 61.6 Å². The van der Waals surface area contributed by atoms with Crippen molar-refractivity contribution in [3.8, 4) is 0 Å². The van der Waals surface area contributed by atoms with Crippen molar-refractivity contribution >= 4 is 17.6 Å². The summed E-state index contributed by atoms with van der Waals surface area (Å²) in [6, 6.07) is 0. The molecule has 0 fully saturated rings. The third-order valence-electron chi connectivity index (χ3n) is 4.70. The van der Waals surface area contributed by atoms with Crippen LogP contribution in [0.5, 0.6) is 0 Å². The molecule has 0 atom stereocenters. The fourth-order valence-electron chi connectivity index (χ4n) is 2.74. The molecule has 0 radical (unpaired) electrons. The van der Waals surface area contributed by atoms with E-state index in [9.17, 15) is 4.79 Å². The molecule has 0 aliphatic heterocycles. The maximum Gasteiger partial charge on any atom is 0.308 e. The van der Waals surface area contributed by atoms with Crippen LogP contribution in [0, 0.1) is 0 Å². The summed E-state index contributed by atoms with van der Waals surface area (Å²) in [6.45, 7) is 13.0. The van der Waals surface area contributed by atoms with Gasteiger partial charge in [0.25, 0.3) is 0 Å². The molecule has 0 aromatic rings. The van der Waals surface area contributed by atoms with Crippen LogP contribution in [0.25, 0.3) is 0 Å². The summed E-state index contributed by atoms with van der Waals surface area (Å²) >= 11 is 5.50. The Bertz CT molecular complexity index is 506. The quantitative estimate of drug-likeness (QED) is 0.0568. The SMILES string of the molecule is CCOC(=O)CCOCCOCCOCCOCCOCCOCCOCCOCCOCCOCCOCCCl. The molecule has 0 bridgehead atoms. The first-order chi connectivity index (χ1) is 20.3. The van der Waals surface area contributed by atoms with E-state index in [2.05, 4.69) is 0 Å². The molecule has 41 heavy (non-hydrogen) atoms. The second-order valence-electron chi connectivity index (χ2n) is 7.98. The summed E-state index contributed by atoms with van der Waals surface area (Å²) in [7, 11) is 0. The maximum absolute atomic E-state index is 11.1. The van der Waals surface area contributed by atoms with Gasteiger partial charge in [0, 0.05) is 5.88 Å². The second-order valence-corrected chi connectivity index (χ2v) is 8.36. The lowest BCUT2D eigenvalue weighted by Crippen LogP contribution is -2.15. The number of hydrogen-bond donors (Lipinski definition) is 0. The summed E-state index contributed by atoms with van der Waals surface area (Å²) in [5.74, 6) is 0.244. The van der Waals surface area contributed by atoms with E-state index < -0.39 is 0 Å². The highest BCUT2D eigenvalue weighted by molar-refractivity contribution is 6.17. The summed E-state index contributed by atoms with van der Waals surface area (Å²) in [6.07, 6.45) is 0.257. The Kier molecular flexibility index (Phi) is 36.7. The second kappa shape index (κ2) is 37.3. The normalized spacial score (nSPS) is 11.4. The standard InChI is InChI=1S/C27H53ClO13/c1-2-41-27(29)3-5-30-7-9-32-11-13-34-15-17-36-19-21-38-23-25-40-26-24-39-22-20-37-18-16-35-14-12-33-10-8-31-6-4-28/h2-26H2,1H3. The molecule has 0 N–H and O–H groups in total. The Balaban J connectivity index is 3.05. The molecule has 13 nitrogen and oxygen atoms in total. The van der Waals surface area contributed by atoms with Gasteiger partial charge in [0.05, 0.1) is 158 Å². The molecule has 0 aliphatic rings. The predicted octanol–water partition coefficient (Wildman–Crippen LogP) is 1.36. The average Bonchev–Trinajstić information content (AvgIpc) is 2.97. The van der Waals surface area contributed by atoms with Gasteiger partial charge in [-0.3, -0.25) is 4.79 Å². The van der Waals surface area contributed by atoms with Gasteiger partial charge in [-0.05, 0) is 6.92 Å². The molecule has 0 heterocycles. The van der Waals surface area contributed by atoms with Crippen molar-refractivity contribution in [1.29, 1.82) is 0 Å². The minimum absolute atomic E-state index is 0.251. The van der Waals surface area contributed by atoms with Crippen LogP contribution in [0.15, 0.2) is 0 Å². The first kappa shape index (κ1) is 40.3. The minimum atomic E-state index is -0.251. The van der Waals surface area contributed by atoms with E-state index >= 15 is 0 Å². The van der Waals surface area contributed by atoms with Gasteiger partial charge < -0.3 is 56.8 Å². The van der Waals surface area contributed by atoms with Crippen molar-refractivity contribution in [2.45, 2.75) is 13.3 Å². The lowest BCUT2D eigenvalue weighted by atomic mass is 10.5. The van der Waals surface area contributed by atoms with Gasteiger partial charge in [0.15, 0.2) is 0 Å². The maximum atomic E-state index is 11.1. The van der Waals surface area contributed by atoms with Gasteiger partial charge in [-0.1, -0.05) is 0 Å². The number of carbonyl (C=O) groups is 1. The Morgan fingerprint density at radius 1 is 0.390 bits per heavy atom. The largest absolute Gasteiger partial charge is 0.466 e. The number of halogens is 1. The van der Waals surface area contributed by atoms with Gasteiger partial charge in [0.1, 0.15) is 0 Å². The van der Waals surface area contributed by atoms with Gasteiger partial charge in [0.2, 0.25) is 0 Å². The monoisotopic (exact) mass is 620 g/mol. The Morgan fingerprint density at radius 2 is 0.610 bits per heavy atom. The van der Waals surface area contributed by atoms with Crippen LogP contribution in [0.4, 0.5) is 0 Å². The Labute approximate surface area is 250 Å². The molecule has 246 valence electrons. The molecular weight excluding hydrogens is 568 g/mol. The molecule has 14 heteroatoms. The van der Waals surface area contributed by atoms with Crippen LogP contribution in [0.3, 0.4) is 0 Å². The van der Waals surface area contributed by atoms with E-state index in [4.69, 9.17) is 68.4 Å². The van der Waals surface area contributed by atoms with Crippen LogP contribution in [0.2, 0.25) is 0 Å². The number of rotatable bonds is 36. The van der Waals surface area contributed by atoms with Crippen molar-refractivity contribution in [2.24, 2.45) is 0 Å². The first-order valence-corrected chi connectivity index (χ1v) is 14.9. The smallest absolute Gasteiger partial charge is 0.308 e. The average molecular weight is 621 g/mol. The Hall–Kier alpha value is -0.680. The molecule has 0 saturated heterocycles. The third-order valence-corrected chi connectivity index (χ3v) is 4.85. The van der Waals surface area contributed by atoms with E-state index in [1.165, 1.54) is 0 Å². The molecule has 0 aliphatic carbocycles. The molecule has 0 rings (SSSR count). The zero-order chi connectivity index (χ0) is 29.7. The zero-order valence-electron chi connectivity index (χ0n) is 24.9. The van der Waals surface area contributed by atoms with E-state index in [1.807, 2.05) is 0 Å². The van der Waals surface area contributed by atoms with Crippen molar-refractivity contribution in [2.75, 3.05) is 158 Å². The van der Waals surface area contributed by atoms with Crippen LogP contribution in [-0.4, -0.2) is 164 Å². The van der Waals surface area contributed by atoms with Crippen molar-refractivity contribution in [3.63, 3.8) is 0 Å². The predicted molar refractivity (Wildman–Crippen MR) is 151 cm³/mol. The van der Waals surface area contributed by atoms with Gasteiger partial charge in [-0.15, -0.1) is 11.6 Å². The van der Waals surface area contributed by atoms with Gasteiger partial charge >= 0.3 is 5.97 Å². The van der Waals surface area contributed by atoms with Crippen LogP contribution in [-0.2, 0) is 61.6 Å². The lowest BCUT2D eigenvalue weighted by Gasteiger charge is -2.09. The summed E-state index contributed by atoms with van der Waals surface area (Å²) < 4.78 is 64.1. The molecular formula is C27H53ClO13. The molecule has 0 aromatic carbocycles. The third kappa shape index (κ3) is 37.3. The molecule has 0 amide bonds. The fourth-order valence-corrected chi connectivity index (χ4v) is 2.85. The van der Waals surface area contributed by atoms with Crippen molar-refractivity contribution in [1.82, 2.24) is 0 Å². The van der Waals surface area contributed by atoms with E-state index in [-0.39, 0.29) is 12.4 Å². The highest BCUT2D eigenvalue weighted by Gasteiger charge is 2.01. The van der Waals surface area contributed by atoms with E-state index in [0.717, 1.165) is 0 Å². The topological polar surface area (TPSA) is 128 Å². The van der Waals surface area contributed by atoms with E-state index in [0.29, 0.717) is 158 Å². The number of esters is 1. The first-order valence-electron chi connectivity index (χ1n) is 14.4. The lowest BCUT2D eigenvalue weighted by molar-refractivity contribution is -0.144. The number of carbonyl (C=O) groups excluding carboxylic acids is 1. The highest BCUT2D eigenvalue weighted by atomic mass is 35.5. The Morgan fingerprint density at radius 3 is 0.829 bits per heavy atom. The molecule has 0 spiro atoms. The number of alkyl halides is 1. The highest BCUT2D eigenvalue weighted by Crippen LogP contribution is 1.90. The fraction of sp³-hybridized carbons (Fsp3) is 0.963. The van der Waals surface area contributed by atoms with E-state index in [1.54, 1.807) is 6.92 Å². The van der Waals surface area contributed by atoms with Crippen LogP contribution in [0.1, 0.15) is 13.3 Å². The van der Waals surface area contributed by atoms with Crippen molar-refractivity contribution in [3.05, 3.63) is 0 Å². The number of hydrogen-bond acceptors (Lipinski definition) is 13. The summed E-state index contributed by atoms with van der Waals surface area (Å²) in [5.41, 5.74) is 0. The molecule has 0 saturated carbocycles. The summed E-state index contributed by atoms with van der Waals surface area (Å²) in [4.78, 5) is 11.1. The molecule has 0 aromatic heterocycles. The summed E-state index contributed by atoms with van der Waals surface area (Å²) in [5, 5.41) is 0. The van der Waals surface area contributed by atoms with Gasteiger partial charge in [-0.2, -0.15) is 0 Å². The minimum Gasteiger partial charge on any atom is -0.466 e. The number of ether oxygens (including phenoxy) is 12. The van der Waals surface area contributed by atoms with Crippen LogP contribution < -0.4 is 0 Å². The molecule has 0 unspecified atom stereocenters. The van der Waals surface area contributed by atoms with Crippen LogP contribution >= 0.6 is 11.6 Å². The van der Waals surface area contributed by atoms with Gasteiger partial charge in [-0.25, -0.2) is 0 Å². The zero-order valence-corrected chi connectivity index (χ0v) is 25.6.